The lowest BCUT2D eigenvalue weighted by atomic mass is 10.0. The number of hydrogen-bond donors (Lipinski definition) is 0. The van der Waals surface area contributed by atoms with Crippen LogP contribution in [0.25, 0.3) is 0 Å². The van der Waals surface area contributed by atoms with Crippen LogP contribution in [0, 0.1) is 12.3 Å². The third kappa shape index (κ3) is 1.54. The van der Waals surface area contributed by atoms with Crippen molar-refractivity contribution in [2.75, 3.05) is 0 Å². The maximum Gasteiger partial charge on any atom is 0.151 e. The van der Waals surface area contributed by atoms with Gasteiger partial charge in [0.05, 0.1) is 0 Å². The average Bonchev–Trinajstić information content (AvgIpc) is 2.16. The highest BCUT2D eigenvalue weighted by Gasteiger charge is 1.98. The summed E-state index contributed by atoms with van der Waals surface area (Å²) in [5.74, 6) is 2.49. The Bertz CT molecular complexity index is 331. The third-order valence-electron chi connectivity index (χ3n) is 1.81. The highest BCUT2D eigenvalue weighted by Crippen LogP contribution is 2.09. The molecule has 0 aromatic heterocycles. The van der Waals surface area contributed by atoms with Gasteiger partial charge >= 0.3 is 0 Å². The van der Waals surface area contributed by atoms with Gasteiger partial charge in [-0.25, -0.2) is 0 Å². The molecule has 0 aliphatic carbocycles. The van der Waals surface area contributed by atoms with E-state index in [2.05, 4.69) is 12.8 Å². The SMILES string of the molecule is C#Cc1cc(CC)ccc1C=O. The summed E-state index contributed by atoms with van der Waals surface area (Å²) in [6, 6.07) is 5.56. The zero-order valence-electron chi connectivity index (χ0n) is 7.00. The normalized spacial score (nSPS) is 9.00. The Hall–Kier alpha value is -1.55. The van der Waals surface area contributed by atoms with Gasteiger partial charge in [-0.15, -0.1) is 6.42 Å². The van der Waals surface area contributed by atoms with Gasteiger partial charge in [-0.05, 0) is 18.1 Å². The molecule has 0 saturated carbocycles. The lowest BCUT2D eigenvalue weighted by Gasteiger charge is -1.99. The fourth-order valence-electron chi connectivity index (χ4n) is 1.05. The molecular weight excluding hydrogens is 148 g/mol. The Morgan fingerprint density at radius 1 is 1.58 bits per heavy atom. The van der Waals surface area contributed by atoms with E-state index in [4.69, 9.17) is 6.42 Å². The van der Waals surface area contributed by atoms with E-state index in [0.717, 1.165) is 18.3 Å². The van der Waals surface area contributed by atoms with Crippen molar-refractivity contribution in [1.82, 2.24) is 0 Å². The summed E-state index contributed by atoms with van der Waals surface area (Å²) in [7, 11) is 0. The molecule has 1 heteroatoms. The summed E-state index contributed by atoms with van der Waals surface area (Å²) in [6.45, 7) is 2.05. The van der Waals surface area contributed by atoms with Gasteiger partial charge in [0.1, 0.15) is 0 Å². The number of rotatable bonds is 2. The molecule has 0 amide bonds. The number of aldehydes is 1. The van der Waals surface area contributed by atoms with Crippen molar-refractivity contribution in [3.05, 3.63) is 34.9 Å². The van der Waals surface area contributed by atoms with Crippen LogP contribution in [0.15, 0.2) is 18.2 Å². The lowest BCUT2D eigenvalue weighted by molar-refractivity contribution is 0.112. The molecule has 0 aliphatic rings. The molecule has 1 nitrogen and oxygen atoms in total. The Labute approximate surface area is 72.4 Å². The first-order valence-electron chi connectivity index (χ1n) is 3.86. The van der Waals surface area contributed by atoms with Gasteiger partial charge in [0.2, 0.25) is 0 Å². The minimum absolute atomic E-state index is 0.592. The second-order valence-electron chi connectivity index (χ2n) is 2.54. The van der Waals surface area contributed by atoms with E-state index in [9.17, 15) is 4.79 Å². The van der Waals surface area contributed by atoms with Crippen molar-refractivity contribution in [2.45, 2.75) is 13.3 Å². The lowest BCUT2D eigenvalue weighted by Crippen LogP contribution is -1.89. The minimum atomic E-state index is 0.592. The maximum absolute atomic E-state index is 10.5. The van der Waals surface area contributed by atoms with Crippen LogP contribution in [0.1, 0.15) is 28.4 Å². The largest absolute Gasteiger partial charge is 0.298 e. The van der Waals surface area contributed by atoms with Crippen molar-refractivity contribution < 1.29 is 4.79 Å². The van der Waals surface area contributed by atoms with E-state index >= 15 is 0 Å². The van der Waals surface area contributed by atoms with Crippen LogP contribution in [0.2, 0.25) is 0 Å². The van der Waals surface area contributed by atoms with Gasteiger partial charge in [-0.2, -0.15) is 0 Å². The van der Waals surface area contributed by atoms with Crippen molar-refractivity contribution in [3.63, 3.8) is 0 Å². The second kappa shape index (κ2) is 3.73. The number of terminal acetylenes is 1. The van der Waals surface area contributed by atoms with E-state index < -0.39 is 0 Å². The van der Waals surface area contributed by atoms with Crippen LogP contribution < -0.4 is 0 Å². The molecule has 0 N–H and O–H groups in total. The molecule has 0 atom stereocenters. The van der Waals surface area contributed by atoms with Crippen molar-refractivity contribution in [3.8, 4) is 12.3 Å². The molecule has 0 fully saturated rings. The van der Waals surface area contributed by atoms with E-state index in [1.54, 1.807) is 6.07 Å². The van der Waals surface area contributed by atoms with E-state index in [0.29, 0.717) is 11.1 Å². The molecule has 1 aromatic carbocycles. The first-order chi connectivity index (χ1) is 5.81. The molecule has 1 rings (SSSR count). The number of carbonyl (C=O) groups excluding carboxylic acids is 1. The molecule has 0 spiro atoms. The van der Waals surface area contributed by atoms with Gasteiger partial charge < -0.3 is 0 Å². The van der Waals surface area contributed by atoms with Crippen molar-refractivity contribution >= 4 is 6.29 Å². The van der Waals surface area contributed by atoms with Crippen LogP contribution in [-0.4, -0.2) is 6.29 Å². The molecule has 60 valence electrons. The summed E-state index contributed by atoms with van der Waals surface area (Å²) in [6.07, 6.45) is 6.97. The van der Waals surface area contributed by atoms with Crippen LogP contribution >= 0.6 is 0 Å². The average molecular weight is 158 g/mol. The van der Waals surface area contributed by atoms with Crippen LogP contribution in [0.5, 0.6) is 0 Å². The third-order valence-corrected chi connectivity index (χ3v) is 1.81. The van der Waals surface area contributed by atoms with Crippen molar-refractivity contribution in [2.24, 2.45) is 0 Å². The van der Waals surface area contributed by atoms with Crippen molar-refractivity contribution in [1.29, 1.82) is 0 Å². The number of benzene rings is 1. The zero-order chi connectivity index (χ0) is 8.97. The second-order valence-corrected chi connectivity index (χ2v) is 2.54. The Balaban J connectivity index is 3.22. The van der Waals surface area contributed by atoms with E-state index in [1.165, 1.54) is 0 Å². The topological polar surface area (TPSA) is 17.1 Å². The molecule has 12 heavy (non-hydrogen) atoms. The quantitative estimate of drug-likeness (QED) is 0.475. The summed E-state index contributed by atoms with van der Waals surface area (Å²) in [5, 5.41) is 0. The first-order valence-corrected chi connectivity index (χ1v) is 3.86. The summed E-state index contributed by atoms with van der Waals surface area (Å²) >= 11 is 0. The highest BCUT2D eigenvalue weighted by molar-refractivity contribution is 5.79. The molecule has 0 aliphatic heterocycles. The Kier molecular flexibility index (Phi) is 2.66. The molecular formula is C11H10O. The molecule has 1 aromatic rings. The standard InChI is InChI=1S/C11H10O/c1-3-9-5-6-11(8-12)10(4-2)7-9/h2,5-8H,3H2,1H3. The predicted octanol–water partition coefficient (Wildman–Crippen LogP) is 2.04. The van der Waals surface area contributed by atoms with Crippen LogP contribution in [-0.2, 0) is 6.42 Å². The van der Waals surface area contributed by atoms with Gasteiger partial charge in [0.25, 0.3) is 0 Å². The van der Waals surface area contributed by atoms with Gasteiger partial charge in [0, 0.05) is 11.1 Å². The van der Waals surface area contributed by atoms with Gasteiger partial charge in [-0.3, -0.25) is 4.79 Å². The Morgan fingerprint density at radius 3 is 2.83 bits per heavy atom. The highest BCUT2D eigenvalue weighted by atomic mass is 16.1. The van der Waals surface area contributed by atoms with Crippen LogP contribution in [0.3, 0.4) is 0 Å². The fraction of sp³-hybridized carbons (Fsp3) is 0.182. The summed E-state index contributed by atoms with van der Waals surface area (Å²) < 4.78 is 0. The smallest absolute Gasteiger partial charge is 0.151 e. The number of aryl methyl sites for hydroxylation is 1. The van der Waals surface area contributed by atoms with Gasteiger partial charge in [-0.1, -0.05) is 25.0 Å². The molecule has 0 unspecified atom stereocenters. The molecule has 0 heterocycles. The monoisotopic (exact) mass is 158 g/mol. The first kappa shape index (κ1) is 8.55. The zero-order valence-corrected chi connectivity index (χ0v) is 7.00. The van der Waals surface area contributed by atoms with E-state index in [1.807, 2.05) is 12.1 Å². The minimum Gasteiger partial charge on any atom is -0.298 e. The Morgan fingerprint density at radius 2 is 2.33 bits per heavy atom. The van der Waals surface area contributed by atoms with E-state index in [-0.39, 0.29) is 0 Å². The van der Waals surface area contributed by atoms with Crippen LogP contribution in [0.4, 0.5) is 0 Å². The molecule has 0 radical (unpaired) electrons. The molecule has 0 bridgehead atoms. The predicted molar refractivity (Wildman–Crippen MR) is 49.1 cm³/mol. The summed E-state index contributed by atoms with van der Waals surface area (Å²) in [5.41, 5.74) is 2.44. The number of carbonyl (C=O) groups is 1. The van der Waals surface area contributed by atoms with Gasteiger partial charge in [0.15, 0.2) is 6.29 Å². The number of hydrogen-bond acceptors (Lipinski definition) is 1. The molecule has 0 saturated heterocycles. The summed E-state index contributed by atoms with van der Waals surface area (Å²) in [4.78, 5) is 10.5. The fourth-order valence-corrected chi connectivity index (χ4v) is 1.05. The maximum atomic E-state index is 10.5.